The van der Waals surface area contributed by atoms with Gasteiger partial charge in [0, 0.05) is 10.6 Å². The van der Waals surface area contributed by atoms with E-state index in [0.717, 1.165) is 52.8 Å². The zero-order valence-corrected chi connectivity index (χ0v) is 21.4. The van der Waals surface area contributed by atoms with Crippen LogP contribution in [0.5, 0.6) is 0 Å². The first-order chi connectivity index (χ1) is 16.9. The van der Waals surface area contributed by atoms with Gasteiger partial charge < -0.3 is 14.8 Å². The second-order valence-corrected chi connectivity index (χ2v) is 9.75. The van der Waals surface area contributed by atoms with Crippen molar-refractivity contribution in [2.24, 2.45) is 0 Å². The zero-order valence-electron chi connectivity index (χ0n) is 19.8. The highest BCUT2D eigenvalue weighted by molar-refractivity contribution is 7.98. The number of aromatic nitrogens is 3. The summed E-state index contributed by atoms with van der Waals surface area (Å²) >= 11 is 2.86. The van der Waals surface area contributed by atoms with E-state index in [4.69, 9.17) is 9.47 Å². The highest BCUT2D eigenvalue weighted by Crippen LogP contribution is 2.38. The summed E-state index contributed by atoms with van der Waals surface area (Å²) in [5.41, 5.74) is 2.52. The minimum absolute atomic E-state index is 0.253. The molecule has 1 aliphatic carbocycles. The van der Waals surface area contributed by atoms with Crippen LogP contribution >= 0.6 is 23.1 Å². The minimum atomic E-state index is -0.617. The number of fused-ring (bicyclic) bond motifs is 1. The molecule has 1 N–H and O–H groups in total. The maximum Gasteiger partial charge on any atom is 0.341 e. The topological polar surface area (TPSA) is 112 Å². The number of nitrogens with zero attached hydrogens (tertiary/aromatic N) is 3. The maximum atomic E-state index is 12.6. The Morgan fingerprint density at radius 1 is 1.09 bits per heavy atom. The summed E-state index contributed by atoms with van der Waals surface area (Å²) in [6.45, 7) is 3.39. The predicted octanol–water partition coefficient (Wildman–Crippen LogP) is 4.21. The number of thioether (sulfide) groups is 1. The molecular weight excluding hydrogens is 488 g/mol. The van der Waals surface area contributed by atoms with Crippen molar-refractivity contribution in [3.05, 3.63) is 51.7 Å². The monoisotopic (exact) mass is 514 g/mol. The number of esters is 2. The highest BCUT2D eigenvalue weighted by atomic mass is 32.2. The fourth-order valence-electron chi connectivity index (χ4n) is 3.97. The van der Waals surface area contributed by atoms with E-state index < -0.39 is 24.5 Å². The first-order valence-corrected chi connectivity index (χ1v) is 13.3. The van der Waals surface area contributed by atoms with Crippen LogP contribution in [0.25, 0.3) is 5.69 Å². The Morgan fingerprint density at radius 3 is 2.54 bits per heavy atom. The number of rotatable bonds is 8. The Hall–Kier alpha value is -3.18. The second-order valence-electron chi connectivity index (χ2n) is 7.88. The standard InChI is InChI=1S/C24H26N4O5S2/c1-4-32-23(31)20-17-7-5-6-8-18(17)35-21(20)25-19(29)13-33-22(30)15-9-11-16(12-10-15)28-14(2)26-27-24(28)34-3/h9-12H,4-8,13H2,1-3H3,(H,25,29). The van der Waals surface area contributed by atoms with Gasteiger partial charge in [0.2, 0.25) is 0 Å². The molecule has 1 aliphatic rings. The molecule has 0 radical (unpaired) electrons. The van der Waals surface area contributed by atoms with Crippen LogP contribution in [0.1, 0.15) is 56.7 Å². The SMILES string of the molecule is CCOC(=O)c1c(NC(=O)COC(=O)c2ccc(-n3c(C)nnc3SC)cc2)sc2c1CCCC2. The lowest BCUT2D eigenvalue weighted by Crippen LogP contribution is -2.22. The first-order valence-electron chi connectivity index (χ1n) is 11.3. The Bertz CT molecular complexity index is 1250. The molecule has 2 aromatic heterocycles. The molecule has 0 unspecified atom stereocenters. The van der Waals surface area contributed by atoms with Crippen LogP contribution in [0, 0.1) is 6.92 Å². The number of hydrogen-bond acceptors (Lipinski definition) is 9. The van der Waals surface area contributed by atoms with Crippen molar-refractivity contribution in [2.75, 3.05) is 24.8 Å². The van der Waals surface area contributed by atoms with Gasteiger partial charge in [0.1, 0.15) is 10.8 Å². The van der Waals surface area contributed by atoms with Gasteiger partial charge in [-0.3, -0.25) is 9.36 Å². The fraction of sp³-hybridized carbons (Fsp3) is 0.375. The largest absolute Gasteiger partial charge is 0.462 e. The van der Waals surface area contributed by atoms with Crippen molar-refractivity contribution in [3.8, 4) is 5.69 Å². The maximum absolute atomic E-state index is 12.6. The van der Waals surface area contributed by atoms with Crippen LogP contribution in [0.15, 0.2) is 29.4 Å². The molecule has 0 saturated carbocycles. The Balaban J connectivity index is 1.40. The average Bonchev–Trinajstić information content (AvgIpc) is 3.42. The third-order valence-electron chi connectivity index (χ3n) is 5.58. The number of carbonyl (C=O) groups is 3. The number of carbonyl (C=O) groups excluding carboxylic acids is 3. The lowest BCUT2D eigenvalue weighted by atomic mass is 9.95. The number of benzene rings is 1. The van der Waals surface area contributed by atoms with Gasteiger partial charge in [0.25, 0.3) is 5.91 Å². The Morgan fingerprint density at radius 2 is 1.83 bits per heavy atom. The smallest absolute Gasteiger partial charge is 0.341 e. The molecule has 1 amide bonds. The molecule has 0 atom stereocenters. The molecule has 0 bridgehead atoms. The van der Waals surface area contributed by atoms with Crippen LogP contribution in [-0.4, -0.2) is 52.1 Å². The van der Waals surface area contributed by atoms with Gasteiger partial charge in [-0.15, -0.1) is 21.5 Å². The fourth-order valence-corrected chi connectivity index (χ4v) is 5.81. The molecule has 0 spiro atoms. The minimum Gasteiger partial charge on any atom is -0.462 e. The van der Waals surface area contributed by atoms with Crippen LogP contribution in [0.2, 0.25) is 0 Å². The van der Waals surface area contributed by atoms with Gasteiger partial charge >= 0.3 is 11.9 Å². The van der Waals surface area contributed by atoms with Gasteiger partial charge in [0.15, 0.2) is 11.8 Å². The molecule has 9 nitrogen and oxygen atoms in total. The summed E-state index contributed by atoms with van der Waals surface area (Å²) in [6, 6.07) is 6.81. The van der Waals surface area contributed by atoms with Crippen LogP contribution in [0.3, 0.4) is 0 Å². The molecule has 3 aromatic rings. The molecule has 0 saturated heterocycles. The summed E-state index contributed by atoms with van der Waals surface area (Å²) in [5, 5.41) is 12.1. The predicted molar refractivity (Wildman–Crippen MR) is 134 cm³/mol. The molecule has 0 aliphatic heterocycles. The van der Waals surface area contributed by atoms with E-state index in [2.05, 4.69) is 15.5 Å². The summed E-state index contributed by atoms with van der Waals surface area (Å²) in [6.07, 6.45) is 5.62. The van der Waals surface area contributed by atoms with Crippen LogP contribution in [-0.2, 0) is 27.1 Å². The lowest BCUT2D eigenvalue weighted by Gasteiger charge is -2.12. The van der Waals surface area contributed by atoms with E-state index in [1.807, 2.05) is 17.7 Å². The summed E-state index contributed by atoms with van der Waals surface area (Å²) in [5.74, 6) is -0.830. The normalized spacial score (nSPS) is 12.7. The van der Waals surface area contributed by atoms with Gasteiger partial charge in [-0.05, 0) is 75.6 Å². The Kier molecular flexibility index (Phi) is 7.86. The van der Waals surface area contributed by atoms with Gasteiger partial charge in [-0.1, -0.05) is 11.8 Å². The van der Waals surface area contributed by atoms with Crippen molar-refractivity contribution in [2.45, 2.75) is 44.7 Å². The van der Waals surface area contributed by atoms with Crippen molar-refractivity contribution < 1.29 is 23.9 Å². The van der Waals surface area contributed by atoms with E-state index in [1.54, 1.807) is 31.2 Å². The van der Waals surface area contributed by atoms with Gasteiger partial charge in [-0.2, -0.15) is 0 Å². The van der Waals surface area contributed by atoms with E-state index >= 15 is 0 Å². The summed E-state index contributed by atoms with van der Waals surface area (Å²) in [7, 11) is 0. The summed E-state index contributed by atoms with van der Waals surface area (Å²) < 4.78 is 12.3. The molecule has 11 heteroatoms. The zero-order chi connectivity index (χ0) is 24.9. The highest BCUT2D eigenvalue weighted by Gasteiger charge is 2.27. The lowest BCUT2D eigenvalue weighted by molar-refractivity contribution is -0.119. The molecule has 2 heterocycles. The number of aryl methyl sites for hydroxylation is 2. The second kappa shape index (κ2) is 11.0. The first kappa shape index (κ1) is 24.9. The van der Waals surface area contributed by atoms with Crippen molar-refractivity contribution in [3.63, 3.8) is 0 Å². The molecule has 1 aromatic carbocycles. The van der Waals surface area contributed by atoms with Crippen molar-refractivity contribution in [1.82, 2.24) is 14.8 Å². The van der Waals surface area contributed by atoms with Gasteiger partial charge in [-0.25, -0.2) is 9.59 Å². The molecule has 35 heavy (non-hydrogen) atoms. The van der Waals surface area contributed by atoms with Crippen LogP contribution < -0.4 is 5.32 Å². The molecule has 4 rings (SSSR count). The number of anilines is 1. The molecule has 184 valence electrons. The molecular formula is C24H26N4O5S2. The summed E-state index contributed by atoms with van der Waals surface area (Å²) in [4.78, 5) is 38.7. The van der Waals surface area contributed by atoms with E-state index in [1.165, 1.54) is 23.1 Å². The Labute approximate surface area is 211 Å². The number of amides is 1. The van der Waals surface area contributed by atoms with Crippen LogP contribution in [0.4, 0.5) is 5.00 Å². The quantitative estimate of drug-likeness (QED) is 0.351. The van der Waals surface area contributed by atoms with E-state index in [0.29, 0.717) is 16.1 Å². The van der Waals surface area contributed by atoms with Crippen molar-refractivity contribution >= 4 is 45.9 Å². The third-order valence-corrected chi connectivity index (χ3v) is 7.41. The number of hydrogen-bond donors (Lipinski definition) is 1. The third kappa shape index (κ3) is 5.40. The van der Waals surface area contributed by atoms with E-state index in [9.17, 15) is 14.4 Å². The molecule has 0 fully saturated rings. The number of nitrogens with one attached hydrogen (secondary N) is 1. The van der Waals surface area contributed by atoms with Crippen molar-refractivity contribution in [1.29, 1.82) is 0 Å². The van der Waals surface area contributed by atoms with Gasteiger partial charge in [0.05, 0.1) is 17.7 Å². The number of thiophene rings is 1. The average molecular weight is 515 g/mol. The van der Waals surface area contributed by atoms with E-state index in [-0.39, 0.29) is 6.61 Å². The number of ether oxygens (including phenoxy) is 2.